The van der Waals surface area contributed by atoms with Gasteiger partial charge in [0, 0.05) is 18.3 Å². The van der Waals surface area contributed by atoms with E-state index in [2.05, 4.69) is 20.8 Å². The first-order valence-electron chi connectivity index (χ1n) is 5.86. The molecule has 0 bridgehead atoms. The lowest BCUT2D eigenvalue weighted by atomic mass is 10.2. The Labute approximate surface area is 114 Å². The van der Waals surface area contributed by atoms with Crippen molar-refractivity contribution in [2.75, 3.05) is 10.6 Å². The van der Waals surface area contributed by atoms with E-state index in [0.717, 1.165) is 0 Å². The number of nitrogens with one attached hydrogen (secondary N) is 3. The predicted molar refractivity (Wildman–Crippen MR) is 72.0 cm³/mol. The minimum atomic E-state index is -0.589. The molecule has 0 fully saturated rings. The van der Waals surface area contributed by atoms with Gasteiger partial charge < -0.3 is 10.6 Å². The van der Waals surface area contributed by atoms with Gasteiger partial charge in [0.15, 0.2) is 0 Å². The molecule has 0 radical (unpaired) electrons. The second-order valence-electron chi connectivity index (χ2n) is 4.24. The minimum absolute atomic E-state index is 0.0122. The van der Waals surface area contributed by atoms with Crippen molar-refractivity contribution in [1.29, 1.82) is 0 Å². The van der Waals surface area contributed by atoms with E-state index in [-0.39, 0.29) is 11.6 Å². The van der Waals surface area contributed by atoms with Gasteiger partial charge in [-0.25, -0.2) is 4.39 Å². The summed E-state index contributed by atoms with van der Waals surface area (Å²) >= 11 is 0. The zero-order chi connectivity index (χ0) is 14.7. The lowest BCUT2D eigenvalue weighted by Crippen LogP contribution is -2.14. The van der Waals surface area contributed by atoms with Gasteiger partial charge in [0.25, 0.3) is 5.91 Å². The van der Waals surface area contributed by atoms with Crippen molar-refractivity contribution >= 4 is 23.2 Å². The van der Waals surface area contributed by atoms with Gasteiger partial charge in [0.05, 0.1) is 17.4 Å². The van der Waals surface area contributed by atoms with Crippen LogP contribution in [-0.2, 0) is 4.79 Å². The van der Waals surface area contributed by atoms with E-state index in [9.17, 15) is 14.0 Å². The highest BCUT2D eigenvalue weighted by molar-refractivity contribution is 6.05. The minimum Gasteiger partial charge on any atom is -0.326 e. The largest absolute Gasteiger partial charge is 0.326 e. The van der Waals surface area contributed by atoms with E-state index < -0.39 is 11.7 Å². The van der Waals surface area contributed by atoms with Crippen molar-refractivity contribution in [2.24, 2.45) is 0 Å². The van der Waals surface area contributed by atoms with Crippen LogP contribution in [0, 0.1) is 12.7 Å². The van der Waals surface area contributed by atoms with Crippen LogP contribution < -0.4 is 10.6 Å². The number of aromatic nitrogens is 2. The topological polar surface area (TPSA) is 86.9 Å². The van der Waals surface area contributed by atoms with E-state index in [1.807, 2.05) is 0 Å². The third-order valence-corrected chi connectivity index (χ3v) is 2.61. The van der Waals surface area contributed by atoms with Crippen molar-refractivity contribution in [1.82, 2.24) is 10.2 Å². The molecule has 1 heterocycles. The number of rotatable bonds is 3. The highest BCUT2D eigenvalue weighted by atomic mass is 19.1. The zero-order valence-corrected chi connectivity index (χ0v) is 11.0. The fourth-order valence-corrected chi connectivity index (χ4v) is 1.67. The van der Waals surface area contributed by atoms with Crippen molar-refractivity contribution in [3.8, 4) is 0 Å². The number of benzene rings is 1. The Balaban J connectivity index is 2.22. The monoisotopic (exact) mass is 276 g/mol. The van der Waals surface area contributed by atoms with E-state index in [1.54, 1.807) is 6.92 Å². The smallest absolute Gasteiger partial charge is 0.259 e. The van der Waals surface area contributed by atoms with Crippen molar-refractivity contribution in [3.63, 3.8) is 0 Å². The summed E-state index contributed by atoms with van der Waals surface area (Å²) in [4.78, 5) is 22.9. The van der Waals surface area contributed by atoms with Gasteiger partial charge in [-0.2, -0.15) is 5.10 Å². The lowest BCUT2D eigenvalue weighted by Gasteiger charge is -2.08. The standard InChI is InChI=1S/C13H13FN4O2/c1-7-10(6-15-18-7)13(20)17-12-5-9(16-8(2)19)3-4-11(12)14/h3-6H,1-2H3,(H,15,18)(H,16,19)(H,17,20). The summed E-state index contributed by atoms with van der Waals surface area (Å²) in [5.41, 5.74) is 1.30. The molecule has 0 atom stereocenters. The van der Waals surface area contributed by atoms with Gasteiger partial charge in [-0.15, -0.1) is 0 Å². The molecule has 3 N–H and O–H groups in total. The predicted octanol–water partition coefficient (Wildman–Crippen LogP) is 2.07. The normalized spacial score (nSPS) is 10.2. The number of nitrogens with zero attached hydrogens (tertiary/aromatic N) is 1. The molecule has 6 nitrogen and oxygen atoms in total. The Hall–Kier alpha value is -2.70. The molecular weight excluding hydrogens is 263 g/mol. The van der Waals surface area contributed by atoms with E-state index in [1.165, 1.54) is 31.3 Å². The van der Waals surface area contributed by atoms with Crippen LogP contribution in [0.25, 0.3) is 0 Å². The summed E-state index contributed by atoms with van der Waals surface area (Å²) in [5.74, 6) is -1.34. The maximum Gasteiger partial charge on any atom is 0.259 e. The van der Waals surface area contributed by atoms with E-state index in [0.29, 0.717) is 16.9 Å². The average Bonchev–Trinajstić information content (AvgIpc) is 2.79. The number of amides is 2. The molecule has 0 spiro atoms. The Morgan fingerprint density at radius 3 is 2.65 bits per heavy atom. The van der Waals surface area contributed by atoms with Crippen molar-refractivity contribution in [2.45, 2.75) is 13.8 Å². The Bertz CT molecular complexity index is 666. The molecule has 1 aromatic carbocycles. The molecule has 0 saturated heterocycles. The quantitative estimate of drug-likeness (QED) is 0.802. The molecule has 0 aliphatic heterocycles. The fourth-order valence-electron chi connectivity index (χ4n) is 1.67. The number of hydrogen-bond donors (Lipinski definition) is 3. The number of carbonyl (C=O) groups excluding carboxylic acids is 2. The van der Waals surface area contributed by atoms with Crippen LogP contribution in [0.3, 0.4) is 0 Å². The molecular formula is C13H13FN4O2. The van der Waals surface area contributed by atoms with Gasteiger partial charge >= 0.3 is 0 Å². The van der Waals surface area contributed by atoms with E-state index in [4.69, 9.17) is 0 Å². The summed E-state index contributed by atoms with van der Waals surface area (Å²) < 4.78 is 13.7. The highest BCUT2D eigenvalue weighted by Gasteiger charge is 2.13. The highest BCUT2D eigenvalue weighted by Crippen LogP contribution is 2.20. The molecule has 2 amide bonds. The number of H-pyrrole nitrogens is 1. The summed E-state index contributed by atoms with van der Waals surface area (Å²) in [6.45, 7) is 3.03. The average molecular weight is 276 g/mol. The second-order valence-corrected chi connectivity index (χ2v) is 4.24. The first-order chi connectivity index (χ1) is 9.47. The molecule has 0 saturated carbocycles. The Morgan fingerprint density at radius 1 is 1.30 bits per heavy atom. The molecule has 2 rings (SSSR count). The first-order valence-corrected chi connectivity index (χ1v) is 5.86. The zero-order valence-electron chi connectivity index (χ0n) is 11.0. The third-order valence-electron chi connectivity index (χ3n) is 2.61. The van der Waals surface area contributed by atoms with Crippen LogP contribution in [0.4, 0.5) is 15.8 Å². The third kappa shape index (κ3) is 3.00. The Kier molecular flexibility index (Phi) is 3.79. The number of halogens is 1. The maximum atomic E-state index is 13.7. The number of aromatic amines is 1. The molecule has 104 valence electrons. The van der Waals surface area contributed by atoms with Crippen LogP contribution >= 0.6 is 0 Å². The molecule has 0 aliphatic carbocycles. The number of carbonyl (C=O) groups is 2. The lowest BCUT2D eigenvalue weighted by molar-refractivity contribution is -0.114. The fraction of sp³-hybridized carbons (Fsp3) is 0.154. The molecule has 20 heavy (non-hydrogen) atoms. The summed E-state index contributed by atoms with van der Waals surface area (Å²) in [5, 5.41) is 11.3. The van der Waals surface area contributed by atoms with Crippen LogP contribution in [0.5, 0.6) is 0 Å². The molecule has 0 aliphatic rings. The van der Waals surface area contributed by atoms with Gasteiger partial charge in [0.1, 0.15) is 5.82 Å². The SMILES string of the molecule is CC(=O)Nc1ccc(F)c(NC(=O)c2cn[nH]c2C)c1. The van der Waals surface area contributed by atoms with Gasteiger partial charge in [0.2, 0.25) is 5.91 Å². The molecule has 7 heteroatoms. The number of anilines is 2. The Morgan fingerprint density at radius 2 is 2.05 bits per heavy atom. The van der Waals surface area contributed by atoms with Crippen LogP contribution in [0.1, 0.15) is 23.0 Å². The van der Waals surface area contributed by atoms with Crippen molar-refractivity contribution in [3.05, 3.63) is 41.5 Å². The summed E-state index contributed by atoms with van der Waals surface area (Å²) in [7, 11) is 0. The van der Waals surface area contributed by atoms with Crippen LogP contribution in [-0.4, -0.2) is 22.0 Å². The maximum absolute atomic E-state index is 13.7. The van der Waals surface area contributed by atoms with Gasteiger partial charge in [-0.05, 0) is 25.1 Å². The summed E-state index contributed by atoms with van der Waals surface area (Å²) in [6.07, 6.45) is 1.36. The van der Waals surface area contributed by atoms with Crippen LogP contribution in [0.15, 0.2) is 24.4 Å². The second kappa shape index (κ2) is 5.52. The molecule has 1 aromatic heterocycles. The van der Waals surface area contributed by atoms with Crippen LogP contribution in [0.2, 0.25) is 0 Å². The van der Waals surface area contributed by atoms with Gasteiger partial charge in [-0.1, -0.05) is 0 Å². The number of hydrogen-bond acceptors (Lipinski definition) is 3. The van der Waals surface area contributed by atoms with E-state index >= 15 is 0 Å². The van der Waals surface area contributed by atoms with Crippen molar-refractivity contribution < 1.29 is 14.0 Å². The number of aryl methyl sites for hydroxylation is 1. The molecule has 0 unspecified atom stereocenters. The van der Waals surface area contributed by atoms with Gasteiger partial charge in [-0.3, -0.25) is 14.7 Å². The first kappa shape index (κ1) is 13.7. The molecule has 2 aromatic rings. The summed E-state index contributed by atoms with van der Waals surface area (Å²) in [6, 6.07) is 3.93.